The van der Waals surface area contributed by atoms with Crippen molar-refractivity contribution in [1.82, 2.24) is 0 Å². The fraction of sp³-hybridized carbons (Fsp3) is 1.00. The maximum atomic E-state index is 3.40. The molecule has 0 aromatic heterocycles. The Bertz CT molecular complexity index is 44.0. The number of hydrogen-bond acceptors (Lipinski definition) is 0. The smallest absolute Gasteiger partial charge is 0.00906 e. The SMILES string of the molecule is CC(C)(CBr)CBr. The molecule has 0 saturated carbocycles. The zero-order valence-electron chi connectivity index (χ0n) is 4.67. The van der Waals surface area contributed by atoms with E-state index in [0.717, 1.165) is 10.7 Å². The van der Waals surface area contributed by atoms with Crippen LogP contribution in [0.1, 0.15) is 13.8 Å². The summed E-state index contributed by atoms with van der Waals surface area (Å²) in [6, 6.07) is 0. The summed E-state index contributed by atoms with van der Waals surface area (Å²) < 4.78 is 0. The molecule has 0 rings (SSSR count). The highest BCUT2D eigenvalue weighted by Crippen LogP contribution is 2.19. The minimum Gasteiger partial charge on any atom is -0.0922 e. The molecule has 0 N–H and O–H groups in total. The Balaban J connectivity index is 3.36. The lowest BCUT2D eigenvalue weighted by molar-refractivity contribution is 0.500. The zero-order valence-corrected chi connectivity index (χ0v) is 7.84. The van der Waals surface area contributed by atoms with Crippen LogP contribution >= 0.6 is 31.9 Å². The molecule has 0 heterocycles. The van der Waals surface area contributed by atoms with Gasteiger partial charge in [0, 0.05) is 10.7 Å². The number of halogens is 2. The van der Waals surface area contributed by atoms with Crippen LogP contribution in [0, 0.1) is 5.41 Å². The van der Waals surface area contributed by atoms with Gasteiger partial charge in [0.2, 0.25) is 0 Å². The van der Waals surface area contributed by atoms with Gasteiger partial charge in [0.15, 0.2) is 0 Å². The van der Waals surface area contributed by atoms with Gasteiger partial charge in [-0.05, 0) is 5.41 Å². The molecular weight excluding hydrogens is 220 g/mol. The van der Waals surface area contributed by atoms with E-state index < -0.39 is 0 Å². The van der Waals surface area contributed by atoms with Gasteiger partial charge in [0.1, 0.15) is 0 Å². The Kier molecular flexibility index (Phi) is 3.50. The summed E-state index contributed by atoms with van der Waals surface area (Å²) in [5.74, 6) is 0. The summed E-state index contributed by atoms with van der Waals surface area (Å²) in [6.45, 7) is 4.41. The predicted molar refractivity (Wildman–Crippen MR) is 41.4 cm³/mol. The highest BCUT2D eigenvalue weighted by Gasteiger charge is 2.12. The van der Waals surface area contributed by atoms with Gasteiger partial charge in [0.05, 0.1) is 0 Å². The number of hydrogen-bond donors (Lipinski definition) is 0. The standard InChI is InChI=1S/C5H10Br2/c1-5(2,3-6)4-7/h3-4H2,1-2H3. The largest absolute Gasteiger partial charge is 0.0922 e. The third kappa shape index (κ3) is 3.53. The lowest BCUT2D eigenvalue weighted by Gasteiger charge is -2.16. The lowest BCUT2D eigenvalue weighted by Crippen LogP contribution is -2.13. The van der Waals surface area contributed by atoms with Crippen LogP contribution in [0.25, 0.3) is 0 Å². The summed E-state index contributed by atoms with van der Waals surface area (Å²) in [7, 11) is 0. The van der Waals surface area contributed by atoms with Gasteiger partial charge in [-0.1, -0.05) is 45.7 Å². The van der Waals surface area contributed by atoms with Gasteiger partial charge in [0.25, 0.3) is 0 Å². The Hall–Kier alpha value is 0.960. The molecule has 0 aliphatic carbocycles. The Morgan fingerprint density at radius 3 is 1.43 bits per heavy atom. The van der Waals surface area contributed by atoms with E-state index in [1.54, 1.807) is 0 Å². The first-order valence-corrected chi connectivity index (χ1v) is 4.48. The minimum atomic E-state index is 0.417. The van der Waals surface area contributed by atoms with Gasteiger partial charge in [-0.2, -0.15) is 0 Å². The van der Waals surface area contributed by atoms with E-state index in [0.29, 0.717) is 5.41 Å². The highest BCUT2D eigenvalue weighted by atomic mass is 79.9. The van der Waals surface area contributed by atoms with Crippen LogP contribution in [0.4, 0.5) is 0 Å². The second-order valence-electron chi connectivity index (χ2n) is 2.43. The van der Waals surface area contributed by atoms with Gasteiger partial charge >= 0.3 is 0 Å². The Morgan fingerprint density at radius 1 is 1.14 bits per heavy atom. The third-order valence-corrected chi connectivity index (χ3v) is 3.76. The fourth-order valence-corrected chi connectivity index (χ4v) is 0.964. The summed E-state index contributed by atoms with van der Waals surface area (Å²) in [5.41, 5.74) is 0.417. The molecule has 0 bridgehead atoms. The van der Waals surface area contributed by atoms with Gasteiger partial charge in [-0.15, -0.1) is 0 Å². The quantitative estimate of drug-likeness (QED) is 0.639. The van der Waals surface area contributed by atoms with E-state index >= 15 is 0 Å². The molecule has 0 atom stereocenters. The van der Waals surface area contributed by atoms with Crippen molar-refractivity contribution in [2.45, 2.75) is 13.8 Å². The minimum absolute atomic E-state index is 0.417. The number of rotatable bonds is 2. The van der Waals surface area contributed by atoms with Crippen LogP contribution in [0.3, 0.4) is 0 Å². The predicted octanol–water partition coefficient (Wildman–Crippen LogP) is 2.80. The first-order chi connectivity index (χ1) is 3.12. The van der Waals surface area contributed by atoms with E-state index in [1.165, 1.54) is 0 Å². The van der Waals surface area contributed by atoms with E-state index in [1.807, 2.05) is 0 Å². The molecule has 0 aromatic rings. The van der Waals surface area contributed by atoms with Crippen molar-refractivity contribution in [2.24, 2.45) is 5.41 Å². The monoisotopic (exact) mass is 228 g/mol. The molecule has 44 valence electrons. The normalized spacial score (nSPS) is 12.0. The highest BCUT2D eigenvalue weighted by molar-refractivity contribution is 9.09. The first kappa shape index (κ1) is 7.96. The van der Waals surface area contributed by atoms with Crippen LogP contribution in [0.15, 0.2) is 0 Å². The van der Waals surface area contributed by atoms with Crippen molar-refractivity contribution < 1.29 is 0 Å². The fourth-order valence-electron chi connectivity index (χ4n) is 0.0357. The van der Waals surface area contributed by atoms with Crippen LogP contribution in [-0.4, -0.2) is 10.7 Å². The van der Waals surface area contributed by atoms with Crippen LogP contribution in [-0.2, 0) is 0 Å². The average molecular weight is 230 g/mol. The molecule has 0 amide bonds. The van der Waals surface area contributed by atoms with Crippen molar-refractivity contribution in [2.75, 3.05) is 10.7 Å². The number of alkyl halides is 2. The first-order valence-electron chi connectivity index (χ1n) is 2.24. The van der Waals surface area contributed by atoms with Crippen LogP contribution < -0.4 is 0 Å². The molecule has 2 heteroatoms. The Labute approximate surface area is 61.9 Å². The zero-order chi connectivity index (χ0) is 5.91. The molecule has 7 heavy (non-hydrogen) atoms. The second-order valence-corrected chi connectivity index (χ2v) is 3.55. The Morgan fingerprint density at radius 2 is 1.43 bits per heavy atom. The van der Waals surface area contributed by atoms with Gasteiger partial charge < -0.3 is 0 Å². The van der Waals surface area contributed by atoms with Crippen molar-refractivity contribution in [1.29, 1.82) is 0 Å². The van der Waals surface area contributed by atoms with E-state index in [4.69, 9.17) is 0 Å². The molecule has 0 aliphatic heterocycles. The van der Waals surface area contributed by atoms with Gasteiger partial charge in [-0.25, -0.2) is 0 Å². The molecular formula is C5H10Br2. The second kappa shape index (κ2) is 3.08. The molecule has 0 aliphatic rings. The topological polar surface area (TPSA) is 0 Å². The summed E-state index contributed by atoms with van der Waals surface area (Å²) in [5, 5.41) is 2.12. The molecule has 0 fully saturated rings. The van der Waals surface area contributed by atoms with Crippen molar-refractivity contribution >= 4 is 31.9 Å². The summed E-state index contributed by atoms with van der Waals surface area (Å²) in [6.07, 6.45) is 0. The molecule has 0 aromatic carbocycles. The van der Waals surface area contributed by atoms with E-state index in [-0.39, 0.29) is 0 Å². The summed E-state index contributed by atoms with van der Waals surface area (Å²) in [4.78, 5) is 0. The maximum Gasteiger partial charge on any atom is 0.00906 e. The molecule has 0 radical (unpaired) electrons. The van der Waals surface area contributed by atoms with E-state index in [9.17, 15) is 0 Å². The molecule has 0 saturated heterocycles. The van der Waals surface area contributed by atoms with Crippen molar-refractivity contribution in [3.05, 3.63) is 0 Å². The van der Waals surface area contributed by atoms with Crippen molar-refractivity contribution in [3.8, 4) is 0 Å². The lowest BCUT2D eigenvalue weighted by atomic mass is 10.0. The van der Waals surface area contributed by atoms with Crippen LogP contribution in [0.2, 0.25) is 0 Å². The maximum absolute atomic E-state index is 3.40. The van der Waals surface area contributed by atoms with Crippen LogP contribution in [0.5, 0.6) is 0 Å². The molecule has 0 unspecified atom stereocenters. The molecule has 0 spiro atoms. The van der Waals surface area contributed by atoms with Gasteiger partial charge in [-0.3, -0.25) is 0 Å². The molecule has 0 nitrogen and oxygen atoms in total. The average Bonchev–Trinajstić information content (AvgIpc) is 1.68. The van der Waals surface area contributed by atoms with Crippen molar-refractivity contribution in [3.63, 3.8) is 0 Å². The van der Waals surface area contributed by atoms with E-state index in [2.05, 4.69) is 45.7 Å². The third-order valence-electron chi connectivity index (χ3n) is 0.724. The summed E-state index contributed by atoms with van der Waals surface area (Å²) >= 11 is 6.80.